The number of carbonyl (C=O) groups excluding carboxylic acids is 2. The van der Waals surface area contributed by atoms with E-state index in [9.17, 15) is 22.8 Å². The zero-order chi connectivity index (χ0) is 20.6. The molecule has 1 aliphatic carbocycles. The topological polar surface area (TPSA) is 67.2 Å². The quantitative estimate of drug-likeness (QED) is 0.816. The maximum atomic E-state index is 12.9. The molecule has 2 aromatic rings. The molecule has 1 saturated carbocycles. The molecule has 2 unspecified atom stereocenters. The summed E-state index contributed by atoms with van der Waals surface area (Å²) >= 11 is 5.56. The average molecular weight is 415 g/mol. The highest BCUT2D eigenvalue weighted by molar-refractivity contribution is 6.31. The number of amides is 2. The number of likely N-dealkylation sites (N-methyl/N-ethyl adjacent to an activating group) is 1. The second-order valence-corrected chi connectivity index (χ2v) is 7.24. The number of aryl methyl sites for hydroxylation is 1. The first-order valence-corrected chi connectivity index (χ1v) is 8.84. The predicted octanol–water partition coefficient (Wildman–Crippen LogP) is 3.29. The summed E-state index contributed by atoms with van der Waals surface area (Å²) in [6, 6.07) is 3.11. The van der Waals surface area contributed by atoms with Gasteiger partial charge < -0.3 is 10.2 Å². The van der Waals surface area contributed by atoms with Crippen LogP contribution in [-0.2, 0) is 22.8 Å². The molecule has 0 radical (unpaired) electrons. The summed E-state index contributed by atoms with van der Waals surface area (Å²) in [6.45, 7) is -0.265. The first kappa shape index (κ1) is 20.2. The number of nitrogens with zero attached hydrogens (tertiary/aromatic N) is 3. The van der Waals surface area contributed by atoms with Gasteiger partial charge in [0.15, 0.2) is 0 Å². The average Bonchev–Trinajstić information content (AvgIpc) is 3.28. The maximum absolute atomic E-state index is 12.9. The van der Waals surface area contributed by atoms with Crippen molar-refractivity contribution in [3.63, 3.8) is 0 Å². The van der Waals surface area contributed by atoms with Gasteiger partial charge in [0.05, 0.1) is 23.3 Å². The molecule has 1 aliphatic rings. The Labute approximate surface area is 164 Å². The highest BCUT2D eigenvalue weighted by Gasteiger charge is 2.46. The van der Waals surface area contributed by atoms with Crippen LogP contribution in [0.15, 0.2) is 30.6 Å². The van der Waals surface area contributed by atoms with Crippen LogP contribution < -0.4 is 5.32 Å². The smallest absolute Gasteiger partial charge is 0.336 e. The van der Waals surface area contributed by atoms with Crippen molar-refractivity contribution in [2.24, 2.45) is 13.0 Å². The summed E-state index contributed by atoms with van der Waals surface area (Å²) in [7, 11) is 3.28. The Morgan fingerprint density at radius 3 is 2.71 bits per heavy atom. The number of nitrogens with one attached hydrogen (secondary N) is 1. The van der Waals surface area contributed by atoms with Gasteiger partial charge in [0.1, 0.15) is 0 Å². The van der Waals surface area contributed by atoms with E-state index in [1.54, 1.807) is 17.9 Å². The van der Waals surface area contributed by atoms with Crippen molar-refractivity contribution in [3.05, 3.63) is 46.7 Å². The molecule has 0 aliphatic heterocycles. The van der Waals surface area contributed by atoms with Crippen LogP contribution in [0.3, 0.4) is 0 Å². The molecular weight excluding hydrogens is 397 g/mol. The van der Waals surface area contributed by atoms with Crippen LogP contribution in [0.2, 0.25) is 5.02 Å². The van der Waals surface area contributed by atoms with Crippen LogP contribution in [0.4, 0.5) is 18.9 Å². The second kappa shape index (κ2) is 7.46. The number of alkyl halides is 3. The Kier molecular flexibility index (Phi) is 5.38. The third-order valence-corrected chi connectivity index (χ3v) is 4.90. The van der Waals surface area contributed by atoms with Crippen molar-refractivity contribution in [2.45, 2.75) is 18.5 Å². The summed E-state index contributed by atoms with van der Waals surface area (Å²) < 4.78 is 40.4. The van der Waals surface area contributed by atoms with Crippen molar-refractivity contribution >= 4 is 29.1 Å². The zero-order valence-corrected chi connectivity index (χ0v) is 15.9. The van der Waals surface area contributed by atoms with Crippen LogP contribution in [0.25, 0.3) is 0 Å². The van der Waals surface area contributed by atoms with Gasteiger partial charge in [0, 0.05) is 31.9 Å². The first-order valence-electron chi connectivity index (χ1n) is 8.46. The lowest BCUT2D eigenvalue weighted by Gasteiger charge is -2.17. The molecule has 0 bridgehead atoms. The number of anilines is 1. The molecule has 28 heavy (non-hydrogen) atoms. The van der Waals surface area contributed by atoms with Gasteiger partial charge in [-0.3, -0.25) is 14.3 Å². The Hall–Kier alpha value is -2.55. The van der Waals surface area contributed by atoms with Crippen molar-refractivity contribution in [2.75, 3.05) is 18.9 Å². The summed E-state index contributed by atoms with van der Waals surface area (Å²) in [5.74, 6) is -0.910. The second-order valence-electron chi connectivity index (χ2n) is 6.83. The molecule has 0 saturated heterocycles. The Bertz CT molecular complexity index is 912. The lowest BCUT2D eigenvalue weighted by molar-refractivity contribution is -0.137. The van der Waals surface area contributed by atoms with Gasteiger partial charge in [0.25, 0.3) is 0 Å². The Morgan fingerprint density at radius 2 is 2.11 bits per heavy atom. The number of halogens is 4. The van der Waals surface area contributed by atoms with Crippen LogP contribution in [0.5, 0.6) is 0 Å². The lowest BCUT2D eigenvalue weighted by atomic mass is 10.2. The van der Waals surface area contributed by atoms with E-state index in [-0.39, 0.29) is 30.0 Å². The van der Waals surface area contributed by atoms with Gasteiger partial charge in [-0.25, -0.2) is 0 Å². The molecule has 1 fully saturated rings. The number of rotatable bonds is 5. The first-order chi connectivity index (χ1) is 13.1. The summed E-state index contributed by atoms with van der Waals surface area (Å²) in [5, 5.41) is 6.00. The summed E-state index contributed by atoms with van der Waals surface area (Å²) in [6.07, 6.45) is -0.382. The van der Waals surface area contributed by atoms with Gasteiger partial charge in [0.2, 0.25) is 11.8 Å². The molecule has 6 nitrogen and oxygen atoms in total. The molecule has 2 amide bonds. The fourth-order valence-corrected chi connectivity index (χ4v) is 3.29. The third-order valence-electron chi connectivity index (χ3n) is 4.57. The Morgan fingerprint density at radius 1 is 1.39 bits per heavy atom. The van der Waals surface area contributed by atoms with Crippen LogP contribution >= 0.6 is 11.6 Å². The highest BCUT2D eigenvalue weighted by Crippen LogP contribution is 2.48. The van der Waals surface area contributed by atoms with Gasteiger partial charge in [-0.05, 0) is 36.1 Å². The molecule has 0 spiro atoms. The van der Waals surface area contributed by atoms with Crippen LogP contribution in [0.1, 0.15) is 23.5 Å². The van der Waals surface area contributed by atoms with E-state index >= 15 is 0 Å². The van der Waals surface area contributed by atoms with Crippen LogP contribution in [0, 0.1) is 5.92 Å². The zero-order valence-electron chi connectivity index (χ0n) is 15.1. The van der Waals surface area contributed by atoms with Gasteiger partial charge in [-0.2, -0.15) is 18.3 Å². The molecule has 1 aromatic heterocycles. The minimum atomic E-state index is -4.63. The molecule has 2 atom stereocenters. The molecule has 150 valence electrons. The maximum Gasteiger partial charge on any atom is 0.417 e. The fourth-order valence-electron chi connectivity index (χ4n) is 3.07. The number of hydrogen-bond donors (Lipinski definition) is 1. The number of carbonyl (C=O) groups is 2. The lowest BCUT2D eigenvalue weighted by Crippen LogP contribution is -2.36. The molecule has 1 aromatic carbocycles. The number of hydrogen-bond acceptors (Lipinski definition) is 3. The van der Waals surface area contributed by atoms with Crippen molar-refractivity contribution < 1.29 is 22.8 Å². The molecule has 1 N–H and O–H groups in total. The van der Waals surface area contributed by atoms with E-state index in [1.165, 1.54) is 18.0 Å². The monoisotopic (exact) mass is 414 g/mol. The fraction of sp³-hybridized carbons (Fsp3) is 0.389. The Balaban J connectivity index is 1.57. The predicted molar refractivity (Wildman–Crippen MR) is 96.8 cm³/mol. The highest BCUT2D eigenvalue weighted by atomic mass is 35.5. The molecule has 3 rings (SSSR count). The number of benzene rings is 1. The van der Waals surface area contributed by atoms with Gasteiger partial charge >= 0.3 is 6.18 Å². The van der Waals surface area contributed by atoms with E-state index < -0.39 is 22.7 Å². The van der Waals surface area contributed by atoms with Gasteiger partial charge in [-0.15, -0.1) is 0 Å². The van der Waals surface area contributed by atoms with E-state index in [4.69, 9.17) is 11.6 Å². The largest absolute Gasteiger partial charge is 0.417 e. The summed E-state index contributed by atoms with van der Waals surface area (Å²) in [4.78, 5) is 25.9. The van der Waals surface area contributed by atoms with E-state index in [1.807, 2.05) is 6.20 Å². The molecule has 1 heterocycles. The van der Waals surface area contributed by atoms with E-state index in [0.29, 0.717) is 6.42 Å². The van der Waals surface area contributed by atoms with Crippen LogP contribution in [-0.4, -0.2) is 40.1 Å². The third kappa shape index (κ3) is 4.46. The summed E-state index contributed by atoms with van der Waals surface area (Å²) in [5.41, 5.74) is -0.101. The molecule has 10 heteroatoms. The normalized spacial score (nSPS) is 18.6. The van der Waals surface area contributed by atoms with Gasteiger partial charge in [-0.1, -0.05) is 11.6 Å². The molecular formula is C18H18ClF3N4O2. The minimum absolute atomic E-state index is 0.0396. The van der Waals surface area contributed by atoms with Crippen molar-refractivity contribution in [3.8, 4) is 0 Å². The van der Waals surface area contributed by atoms with E-state index in [2.05, 4.69) is 10.4 Å². The van der Waals surface area contributed by atoms with E-state index in [0.717, 1.165) is 17.7 Å². The SMILES string of the molecule is CN(CC(=O)Nc1ccc(Cl)c(C(F)(F)F)c1)C(=O)C1CC1c1cnn(C)c1. The standard InChI is InChI=1S/C18H18ClF3N4O2/c1-25(17(28)13-6-12(13)10-7-23-26(2)8-10)9-16(27)24-11-3-4-15(19)14(5-11)18(20,21)22/h3-5,7-8,12-13H,6,9H2,1-2H3,(H,24,27). The minimum Gasteiger partial charge on any atom is -0.336 e. The van der Waals surface area contributed by atoms with Crippen molar-refractivity contribution in [1.82, 2.24) is 14.7 Å². The van der Waals surface area contributed by atoms with Crippen molar-refractivity contribution in [1.29, 1.82) is 0 Å². The number of aromatic nitrogens is 2.